The molecule has 1 unspecified atom stereocenters. The molecule has 146 valence electrons. The quantitative estimate of drug-likeness (QED) is 0.639. The molecular formula is C20H25ClN2O3S. The molecule has 0 fully saturated rings. The number of ketones is 1. The van der Waals surface area contributed by atoms with E-state index in [1.165, 1.54) is 31.2 Å². The van der Waals surface area contributed by atoms with Crippen LogP contribution in [0.3, 0.4) is 0 Å². The third-order valence-corrected chi connectivity index (χ3v) is 6.34. The smallest absolute Gasteiger partial charge is 0.240 e. The Kier molecular flexibility index (Phi) is 7.56. The second kappa shape index (κ2) is 9.46. The maximum atomic E-state index is 12.7. The van der Waals surface area contributed by atoms with Crippen LogP contribution in [0, 0.1) is 0 Å². The van der Waals surface area contributed by atoms with Crippen molar-refractivity contribution in [1.29, 1.82) is 0 Å². The fourth-order valence-electron chi connectivity index (χ4n) is 2.99. The van der Waals surface area contributed by atoms with Gasteiger partial charge in [-0.25, -0.2) is 13.1 Å². The average Bonchev–Trinajstić information content (AvgIpc) is 2.66. The molecule has 1 N–H and O–H groups in total. The lowest BCUT2D eigenvalue weighted by molar-refractivity contribution is 0.101. The standard InChI is InChI=1S/C20H25ClN2O3S/c1-4-23(5-2)20(18-8-6-7-9-19(18)21)14-22-27(25,26)17-12-10-16(11-13-17)15(3)24/h6-13,20,22H,4-5,14H2,1-3H3. The molecule has 2 aromatic rings. The Hall–Kier alpha value is -1.73. The lowest BCUT2D eigenvalue weighted by Crippen LogP contribution is -2.38. The minimum Gasteiger partial charge on any atom is -0.296 e. The number of nitrogens with one attached hydrogen (secondary N) is 1. The zero-order valence-electron chi connectivity index (χ0n) is 15.8. The van der Waals surface area contributed by atoms with Crippen LogP contribution in [0.1, 0.15) is 42.7 Å². The van der Waals surface area contributed by atoms with Gasteiger partial charge in [0.15, 0.2) is 5.78 Å². The number of nitrogens with zero attached hydrogens (tertiary/aromatic N) is 1. The van der Waals surface area contributed by atoms with E-state index in [1.54, 1.807) is 0 Å². The molecule has 0 spiro atoms. The highest BCUT2D eigenvalue weighted by atomic mass is 35.5. The number of carbonyl (C=O) groups is 1. The minimum atomic E-state index is -3.70. The Labute approximate surface area is 166 Å². The molecule has 0 aliphatic carbocycles. The molecule has 0 aliphatic rings. The van der Waals surface area contributed by atoms with Gasteiger partial charge in [-0.2, -0.15) is 0 Å². The fraction of sp³-hybridized carbons (Fsp3) is 0.350. The van der Waals surface area contributed by atoms with Crippen LogP contribution >= 0.6 is 11.6 Å². The largest absolute Gasteiger partial charge is 0.296 e. The summed E-state index contributed by atoms with van der Waals surface area (Å²) in [5, 5.41) is 0.611. The molecule has 5 nitrogen and oxygen atoms in total. The Bertz CT molecular complexity index is 878. The van der Waals surface area contributed by atoms with Crippen molar-refractivity contribution in [3.63, 3.8) is 0 Å². The van der Waals surface area contributed by atoms with Gasteiger partial charge in [0.2, 0.25) is 10.0 Å². The lowest BCUT2D eigenvalue weighted by atomic mass is 10.1. The van der Waals surface area contributed by atoms with Gasteiger partial charge in [-0.15, -0.1) is 0 Å². The summed E-state index contributed by atoms with van der Waals surface area (Å²) in [5.74, 6) is -0.104. The van der Waals surface area contributed by atoms with Crippen LogP contribution in [0.2, 0.25) is 5.02 Å². The van der Waals surface area contributed by atoms with Crippen LogP contribution in [0.15, 0.2) is 53.4 Å². The van der Waals surface area contributed by atoms with Gasteiger partial charge in [0.05, 0.1) is 4.90 Å². The summed E-state index contributed by atoms with van der Waals surface area (Å²) in [7, 11) is -3.70. The number of carbonyl (C=O) groups excluding carboxylic acids is 1. The molecular weight excluding hydrogens is 384 g/mol. The van der Waals surface area contributed by atoms with E-state index >= 15 is 0 Å². The van der Waals surface area contributed by atoms with E-state index in [2.05, 4.69) is 9.62 Å². The molecule has 0 bridgehead atoms. The second-order valence-corrected chi connectivity index (χ2v) is 8.37. The number of sulfonamides is 1. The van der Waals surface area contributed by atoms with E-state index in [0.29, 0.717) is 10.6 Å². The molecule has 2 rings (SSSR count). The van der Waals surface area contributed by atoms with Gasteiger partial charge < -0.3 is 0 Å². The van der Waals surface area contributed by atoms with Gasteiger partial charge in [0.25, 0.3) is 0 Å². The van der Waals surface area contributed by atoms with Gasteiger partial charge in [0, 0.05) is 23.2 Å². The monoisotopic (exact) mass is 408 g/mol. The van der Waals surface area contributed by atoms with Crippen LogP contribution in [0.4, 0.5) is 0 Å². The molecule has 1 atom stereocenters. The Morgan fingerprint density at radius 3 is 2.19 bits per heavy atom. The number of benzene rings is 2. The van der Waals surface area contributed by atoms with E-state index in [1.807, 2.05) is 38.1 Å². The maximum absolute atomic E-state index is 12.7. The van der Waals surface area contributed by atoms with Crippen LogP contribution in [-0.4, -0.2) is 38.7 Å². The Balaban J connectivity index is 2.25. The number of likely N-dealkylation sites (N-methyl/N-ethyl adjacent to an activating group) is 1. The first kappa shape index (κ1) is 21.6. The SMILES string of the molecule is CCN(CC)C(CNS(=O)(=O)c1ccc(C(C)=O)cc1)c1ccccc1Cl. The molecule has 0 amide bonds. The summed E-state index contributed by atoms with van der Waals surface area (Å²) in [6.07, 6.45) is 0. The van der Waals surface area contributed by atoms with Crippen molar-refractivity contribution in [2.45, 2.75) is 31.7 Å². The lowest BCUT2D eigenvalue weighted by Gasteiger charge is -2.30. The first-order valence-corrected chi connectivity index (χ1v) is 10.7. The summed E-state index contributed by atoms with van der Waals surface area (Å²) >= 11 is 6.36. The number of hydrogen-bond donors (Lipinski definition) is 1. The molecule has 27 heavy (non-hydrogen) atoms. The molecule has 2 aromatic carbocycles. The molecule has 0 radical (unpaired) electrons. The van der Waals surface area contributed by atoms with Crippen LogP contribution in [-0.2, 0) is 10.0 Å². The molecule has 0 saturated carbocycles. The van der Waals surface area contributed by atoms with Gasteiger partial charge in [-0.1, -0.05) is 55.8 Å². The zero-order valence-corrected chi connectivity index (χ0v) is 17.3. The molecule has 0 saturated heterocycles. The van der Waals surface area contributed by atoms with E-state index in [4.69, 9.17) is 11.6 Å². The predicted octanol–water partition coefficient (Wildman–Crippen LogP) is 3.90. The van der Waals surface area contributed by atoms with Gasteiger partial charge in [0.1, 0.15) is 0 Å². The first-order chi connectivity index (χ1) is 12.8. The van der Waals surface area contributed by atoms with Crippen molar-refractivity contribution >= 4 is 27.4 Å². The van der Waals surface area contributed by atoms with Crippen LogP contribution < -0.4 is 4.72 Å². The first-order valence-electron chi connectivity index (χ1n) is 8.89. The normalized spacial score (nSPS) is 12.9. The maximum Gasteiger partial charge on any atom is 0.240 e. The topological polar surface area (TPSA) is 66.5 Å². The summed E-state index contributed by atoms with van der Waals surface area (Å²) in [6, 6.07) is 13.2. The van der Waals surface area contributed by atoms with Gasteiger partial charge in [-0.05, 0) is 43.8 Å². The van der Waals surface area contributed by atoms with Crippen LogP contribution in [0.5, 0.6) is 0 Å². The van der Waals surface area contributed by atoms with Crippen LogP contribution in [0.25, 0.3) is 0 Å². The van der Waals surface area contributed by atoms with Gasteiger partial charge in [-0.3, -0.25) is 9.69 Å². The van der Waals surface area contributed by atoms with Crippen molar-refractivity contribution in [1.82, 2.24) is 9.62 Å². The van der Waals surface area contributed by atoms with E-state index < -0.39 is 10.0 Å². The van der Waals surface area contributed by atoms with Crippen molar-refractivity contribution in [2.75, 3.05) is 19.6 Å². The van der Waals surface area contributed by atoms with E-state index in [-0.39, 0.29) is 23.3 Å². The van der Waals surface area contributed by atoms with Crippen molar-refractivity contribution in [3.05, 3.63) is 64.7 Å². The zero-order chi connectivity index (χ0) is 20.0. The fourth-order valence-corrected chi connectivity index (χ4v) is 4.29. The minimum absolute atomic E-state index is 0.104. The van der Waals surface area contributed by atoms with Crippen molar-refractivity contribution in [2.24, 2.45) is 0 Å². The molecule has 0 heterocycles. The number of rotatable bonds is 9. The molecule has 0 aromatic heterocycles. The van der Waals surface area contributed by atoms with Crippen molar-refractivity contribution in [3.8, 4) is 0 Å². The highest BCUT2D eigenvalue weighted by Gasteiger charge is 2.23. The Morgan fingerprint density at radius 1 is 1.07 bits per heavy atom. The molecule has 7 heteroatoms. The molecule has 0 aliphatic heterocycles. The third-order valence-electron chi connectivity index (χ3n) is 4.56. The van der Waals surface area contributed by atoms with Gasteiger partial charge >= 0.3 is 0 Å². The van der Waals surface area contributed by atoms with Crippen molar-refractivity contribution < 1.29 is 13.2 Å². The summed E-state index contributed by atoms with van der Waals surface area (Å²) in [6.45, 7) is 7.23. The number of hydrogen-bond acceptors (Lipinski definition) is 4. The van der Waals surface area contributed by atoms with E-state index in [0.717, 1.165) is 18.7 Å². The highest BCUT2D eigenvalue weighted by molar-refractivity contribution is 7.89. The highest BCUT2D eigenvalue weighted by Crippen LogP contribution is 2.27. The average molecular weight is 409 g/mol. The van der Waals surface area contributed by atoms with E-state index in [9.17, 15) is 13.2 Å². The summed E-state index contributed by atoms with van der Waals surface area (Å²) < 4.78 is 28.1. The Morgan fingerprint density at radius 2 is 1.67 bits per heavy atom. The number of halogens is 1. The predicted molar refractivity (Wildman–Crippen MR) is 109 cm³/mol. The second-order valence-electron chi connectivity index (χ2n) is 6.19. The summed E-state index contributed by atoms with van der Waals surface area (Å²) in [4.78, 5) is 13.7. The third kappa shape index (κ3) is 5.39. The number of Topliss-reactive ketones (excluding diaryl/α,β-unsaturated/α-hetero) is 1. The summed E-state index contributed by atoms with van der Waals surface area (Å²) in [5.41, 5.74) is 1.36.